The molecule has 0 fully saturated rings. The van der Waals surface area contributed by atoms with Crippen molar-refractivity contribution in [3.8, 4) is 22.5 Å². The van der Waals surface area contributed by atoms with Crippen LogP contribution >= 0.6 is 0 Å². The molecule has 5 rings (SSSR count). The van der Waals surface area contributed by atoms with Gasteiger partial charge in [0.2, 0.25) is 5.82 Å². The minimum Gasteiger partial charge on any atom is -0.477 e. The summed E-state index contributed by atoms with van der Waals surface area (Å²) in [6, 6.07) is 21.5. The van der Waals surface area contributed by atoms with E-state index < -0.39 is 22.8 Å². The smallest absolute Gasteiger partial charge is 0.454 e. The first-order valence-corrected chi connectivity index (χ1v) is 15.0. The Labute approximate surface area is 274 Å². The van der Waals surface area contributed by atoms with Crippen LogP contribution in [-0.4, -0.2) is 57.1 Å². The topological polar surface area (TPSA) is 198 Å². The number of aromatic carboxylic acids is 1. The van der Waals surface area contributed by atoms with E-state index in [1.807, 2.05) is 49.4 Å². The number of carboxylic acid groups (broad SMARTS) is 1. The van der Waals surface area contributed by atoms with Crippen molar-refractivity contribution in [2.45, 2.75) is 59.0 Å². The van der Waals surface area contributed by atoms with E-state index in [0.29, 0.717) is 28.9 Å². The average molecular weight is 656 g/mol. The third-order valence-electron chi connectivity index (χ3n) is 7.34. The van der Waals surface area contributed by atoms with E-state index in [2.05, 4.69) is 25.2 Å². The van der Waals surface area contributed by atoms with Gasteiger partial charge in [0.15, 0.2) is 5.69 Å². The highest BCUT2D eigenvalue weighted by Crippen LogP contribution is 2.31. The lowest BCUT2D eigenvalue weighted by Gasteiger charge is -2.16. The van der Waals surface area contributed by atoms with Gasteiger partial charge < -0.3 is 24.4 Å². The van der Waals surface area contributed by atoms with Crippen molar-refractivity contribution in [2.24, 2.45) is 0 Å². The number of rotatable bonds is 13. The molecule has 2 N–H and O–H groups in total. The number of hydrogen-bond donors (Lipinski definition) is 2. The van der Waals surface area contributed by atoms with Crippen LogP contribution in [0.15, 0.2) is 72.8 Å². The Bertz CT molecular complexity index is 1940. The third kappa shape index (κ3) is 7.70. The number of ether oxygens (including phenoxy) is 1. The van der Waals surface area contributed by atoms with Crippen LogP contribution in [0.3, 0.4) is 0 Å². The highest BCUT2D eigenvalue weighted by Gasteiger charge is 2.31. The second-order valence-electron chi connectivity index (χ2n) is 11.4. The summed E-state index contributed by atoms with van der Waals surface area (Å²) in [4.78, 5) is 45.1. The zero-order valence-electron chi connectivity index (χ0n) is 26.4. The summed E-state index contributed by atoms with van der Waals surface area (Å²) >= 11 is 0. The van der Waals surface area contributed by atoms with Gasteiger partial charge in [0.1, 0.15) is 30.3 Å². The summed E-state index contributed by atoms with van der Waals surface area (Å²) in [5.41, 5.74) is 2.84. The summed E-state index contributed by atoms with van der Waals surface area (Å²) in [6.45, 7) is 4.91. The molecule has 0 amide bonds. The molecule has 3 aromatic carbocycles. The Morgan fingerprint density at radius 1 is 0.958 bits per heavy atom. The van der Waals surface area contributed by atoms with Crippen molar-refractivity contribution in [3.63, 3.8) is 0 Å². The molecule has 0 aliphatic carbocycles. The van der Waals surface area contributed by atoms with Crippen LogP contribution in [-0.2, 0) is 41.4 Å². The molecule has 0 spiro atoms. The van der Waals surface area contributed by atoms with Gasteiger partial charge in [0, 0.05) is 18.5 Å². The molecule has 0 aliphatic heterocycles. The molecule has 0 saturated carbocycles. The molecule has 0 aliphatic rings. The molecule has 2 heterocycles. The van der Waals surface area contributed by atoms with Crippen molar-refractivity contribution in [3.05, 3.63) is 117 Å². The second kappa shape index (κ2) is 14.2. The van der Waals surface area contributed by atoms with Gasteiger partial charge in [-0.05, 0) is 53.3 Å². The molecule has 15 nitrogen and oxygen atoms in total. The molecule has 48 heavy (non-hydrogen) atoms. The summed E-state index contributed by atoms with van der Waals surface area (Å²) in [5.74, 6) is -0.380. The van der Waals surface area contributed by atoms with Crippen LogP contribution < -0.4 is 0 Å². The first kappa shape index (κ1) is 33.4. The van der Waals surface area contributed by atoms with Gasteiger partial charge >= 0.3 is 12.1 Å². The number of aryl methyl sites for hydroxylation is 1. The number of nitrogens with zero attached hydrogens (tertiary/aromatic N) is 7. The van der Waals surface area contributed by atoms with Crippen molar-refractivity contribution in [1.82, 2.24) is 29.8 Å². The zero-order chi connectivity index (χ0) is 34.4. The number of carbonyl (C=O) groups excluding carboxylic acids is 1. The highest BCUT2D eigenvalue weighted by atomic mass is 16.9. The molecule has 0 saturated heterocycles. The maximum absolute atomic E-state index is 12.7. The lowest BCUT2D eigenvalue weighted by Crippen LogP contribution is -2.22. The Morgan fingerprint density at radius 3 is 2.29 bits per heavy atom. The minimum absolute atomic E-state index is 0.0381. The van der Waals surface area contributed by atoms with E-state index in [9.17, 15) is 29.9 Å². The lowest BCUT2D eigenvalue weighted by atomic mass is 9.98. The highest BCUT2D eigenvalue weighted by molar-refractivity contribution is 5.87. The number of aromatic nitrogens is 6. The summed E-state index contributed by atoms with van der Waals surface area (Å²) in [7, 11) is 0. The fourth-order valence-electron chi connectivity index (χ4n) is 5.17. The van der Waals surface area contributed by atoms with E-state index in [1.54, 1.807) is 34.9 Å². The molecule has 0 bridgehead atoms. The number of benzene rings is 3. The Balaban J connectivity index is 1.33. The lowest BCUT2D eigenvalue weighted by molar-refractivity contribution is -0.763. The van der Waals surface area contributed by atoms with Gasteiger partial charge in [0.25, 0.3) is 5.09 Å². The molecule has 2 aromatic heterocycles. The van der Waals surface area contributed by atoms with Gasteiger partial charge in [-0.3, -0.25) is 0 Å². The zero-order valence-corrected chi connectivity index (χ0v) is 26.4. The Kier molecular flexibility index (Phi) is 9.89. The van der Waals surface area contributed by atoms with Crippen LogP contribution in [0.2, 0.25) is 0 Å². The largest absolute Gasteiger partial charge is 0.477 e. The van der Waals surface area contributed by atoms with Crippen LogP contribution in [0.5, 0.6) is 0 Å². The van der Waals surface area contributed by atoms with Crippen LogP contribution in [0.1, 0.15) is 65.9 Å². The first-order valence-electron chi connectivity index (χ1n) is 15.0. The van der Waals surface area contributed by atoms with Gasteiger partial charge in [-0.1, -0.05) is 84.5 Å². The van der Waals surface area contributed by atoms with E-state index in [-0.39, 0.29) is 37.0 Å². The molecular formula is C33H33N7O8. The first-order chi connectivity index (χ1) is 22.9. The minimum atomic E-state index is -1.43. The van der Waals surface area contributed by atoms with Crippen molar-refractivity contribution >= 4 is 12.1 Å². The molecule has 5 aromatic rings. The SMILES string of the molecule is CCCc1nc(C(C)(C)O)c(C(=O)O)n1Cc1ccc(-c2ccccc2-c2nnn(C(=O)OCc3cccc(CO[N+](=O)[O-])c3)n2)cc1. The molecular weight excluding hydrogens is 622 g/mol. The molecule has 0 radical (unpaired) electrons. The predicted molar refractivity (Wildman–Crippen MR) is 170 cm³/mol. The third-order valence-corrected chi connectivity index (χ3v) is 7.34. The fraction of sp³-hybridized carbons (Fsp3) is 0.273. The summed E-state index contributed by atoms with van der Waals surface area (Å²) in [5, 5.41) is 42.4. The number of tetrazole rings is 1. The van der Waals surface area contributed by atoms with E-state index in [1.165, 1.54) is 13.8 Å². The van der Waals surface area contributed by atoms with Crippen molar-refractivity contribution < 1.29 is 34.5 Å². The number of carbonyl (C=O) groups is 2. The maximum Gasteiger partial charge on any atom is 0.454 e. The van der Waals surface area contributed by atoms with Crippen LogP contribution in [0, 0.1) is 10.1 Å². The van der Waals surface area contributed by atoms with Gasteiger partial charge in [-0.15, -0.1) is 20.3 Å². The van der Waals surface area contributed by atoms with E-state index in [4.69, 9.17) is 4.74 Å². The Morgan fingerprint density at radius 2 is 1.65 bits per heavy atom. The normalized spacial score (nSPS) is 11.3. The molecule has 0 unspecified atom stereocenters. The maximum atomic E-state index is 12.7. The van der Waals surface area contributed by atoms with Gasteiger partial charge in [-0.25, -0.2) is 14.6 Å². The number of hydrogen-bond acceptors (Lipinski definition) is 11. The quantitative estimate of drug-likeness (QED) is 0.127. The summed E-state index contributed by atoms with van der Waals surface area (Å²) in [6.07, 6.45) is 0.445. The average Bonchev–Trinajstić information content (AvgIpc) is 3.70. The standard InChI is InChI=1S/C33H33N7O8/c1-4-8-27-34-29(33(2,3)44)28(31(41)42)38(27)18-21-13-15-24(16-14-21)25-11-5-6-12-26(25)30-35-37-39(36-30)32(43)47-19-22-9-7-10-23(17-22)20-48-40(45)46/h5-7,9-17,44H,4,8,18-20H2,1-3H3,(H,41,42). The number of imidazole rings is 1. The molecule has 0 atom stereocenters. The summed E-state index contributed by atoms with van der Waals surface area (Å²) < 4.78 is 6.96. The second-order valence-corrected chi connectivity index (χ2v) is 11.4. The van der Waals surface area contributed by atoms with Crippen LogP contribution in [0.25, 0.3) is 22.5 Å². The molecule has 15 heteroatoms. The number of aliphatic hydroxyl groups is 1. The van der Waals surface area contributed by atoms with Gasteiger partial charge in [0.05, 0.1) is 0 Å². The Hall–Kier alpha value is -5.96. The van der Waals surface area contributed by atoms with E-state index in [0.717, 1.165) is 27.9 Å². The number of carboxylic acids is 1. The fourth-order valence-corrected chi connectivity index (χ4v) is 5.17. The molecule has 248 valence electrons. The van der Waals surface area contributed by atoms with Crippen molar-refractivity contribution in [1.29, 1.82) is 0 Å². The predicted octanol–water partition coefficient (Wildman–Crippen LogP) is 5.02. The van der Waals surface area contributed by atoms with E-state index >= 15 is 0 Å². The van der Waals surface area contributed by atoms with Crippen molar-refractivity contribution in [2.75, 3.05) is 0 Å². The van der Waals surface area contributed by atoms with Crippen LogP contribution in [0.4, 0.5) is 4.79 Å². The monoisotopic (exact) mass is 655 g/mol. The van der Waals surface area contributed by atoms with Gasteiger partial charge in [-0.2, -0.15) is 0 Å².